The van der Waals surface area contributed by atoms with Gasteiger partial charge in [0.2, 0.25) is 0 Å². The highest BCUT2D eigenvalue weighted by Crippen LogP contribution is 2.23. The molecule has 2 aromatic carbocycles. The molecule has 0 atom stereocenters. The minimum absolute atomic E-state index is 0.158. The van der Waals surface area contributed by atoms with E-state index in [1.54, 1.807) is 17.9 Å². The van der Waals surface area contributed by atoms with Gasteiger partial charge in [0.15, 0.2) is 0 Å². The van der Waals surface area contributed by atoms with Crippen LogP contribution in [0, 0.1) is 0 Å². The number of carbonyl (C=O) groups is 1. The van der Waals surface area contributed by atoms with Crippen LogP contribution in [-0.4, -0.2) is 22.7 Å². The van der Waals surface area contributed by atoms with Crippen molar-refractivity contribution in [3.05, 3.63) is 76.9 Å². The predicted molar refractivity (Wildman–Crippen MR) is 91.6 cm³/mol. The number of carbonyl (C=O) groups excluding carboxylic acids is 1. The standard InChI is InChI=1S/C18H16ClN3O/c1-20-18(23)15-12-22(11-14-9-5-6-10-16(14)19)21-17(15)13-7-3-2-4-8-13/h2-10,12H,11H2,1H3,(H,20,23). The summed E-state index contributed by atoms with van der Waals surface area (Å²) in [4.78, 5) is 12.1. The van der Waals surface area contributed by atoms with Crippen LogP contribution < -0.4 is 5.32 Å². The van der Waals surface area contributed by atoms with Crippen molar-refractivity contribution in [1.29, 1.82) is 0 Å². The second-order valence-electron chi connectivity index (χ2n) is 5.13. The summed E-state index contributed by atoms with van der Waals surface area (Å²) in [5.41, 5.74) is 3.08. The third-order valence-electron chi connectivity index (χ3n) is 3.57. The summed E-state index contributed by atoms with van der Waals surface area (Å²) in [5.74, 6) is -0.158. The lowest BCUT2D eigenvalue weighted by Crippen LogP contribution is -2.18. The molecule has 0 saturated carbocycles. The summed E-state index contributed by atoms with van der Waals surface area (Å²) < 4.78 is 1.74. The van der Waals surface area contributed by atoms with Crippen LogP contribution in [0.25, 0.3) is 11.3 Å². The largest absolute Gasteiger partial charge is 0.355 e. The molecular formula is C18H16ClN3O. The number of hydrogen-bond acceptors (Lipinski definition) is 2. The Labute approximate surface area is 139 Å². The molecule has 0 radical (unpaired) electrons. The summed E-state index contributed by atoms with van der Waals surface area (Å²) in [7, 11) is 1.61. The molecule has 0 aliphatic carbocycles. The van der Waals surface area contributed by atoms with Gasteiger partial charge in [-0.1, -0.05) is 60.1 Å². The molecule has 1 amide bonds. The van der Waals surface area contributed by atoms with Gasteiger partial charge in [-0.15, -0.1) is 0 Å². The van der Waals surface area contributed by atoms with Gasteiger partial charge in [0.05, 0.1) is 12.1 Å². The van der Waals surface area contributed by atoms with Gasteiger partial charge in [-0.25, -0.2) is 0 Å². The van der Waals surface area contributed by atoms with Gasteiger partial charge in [0, 0.05) is 23.8 Å². The van der Waals surface area contributed by atoms with Crippen molar-refractivity contribution in [2.24, 2.45) is 0 Å². The minimum atomic E-state index is -0.158. The molecule has 23 heavy (non-hydrogen) atoms. The van der Waals surface area contributed by atoms with E-state index in [-0.39, 0.29) is 5.91 Å². The number of nitrogens with zero attached hydrogens (tertiary/aromatic N) is 2. The van der Waals surface area contributed by atoms with Gasteiger partial charge in [-0.05, 0) is 11.6 Å². The first-order valence-corrected chi connectivity index (χ1v) is 7.65. The normalized spacial score (nSPS) is 10.5. The molecule has 0 unspecified atom stereocenters. The Morgan fingerprint density at radius 2 is 1.83 bits per heavy atom. The molecule has 1 heterocycles. The van der Waals surface area contributed by atoms with Crippen LogP contribution in [0.15, 0.2) is 60.8 Å². The maximum Gasteiger partial charge on any atom is 0.254 e. The van der Waals surface area contributed by atoms with Crippen molar-refractivity contribution in [1.82, 2.24) is 15.1 Å². The summed E-state index contributed by atoms with van der Waals surface area (Å²) >= 11 is 6.21. The van der Waals surface area contributed by atoms with E-state index in [1.807, 2.05) is 54.6 Å². The fourth-order valence-corrected chi connectivity index (χ4v) is 2.61. The number of rotatable bonds is 4. The van der Waals surface area contributed by atoms with Crippen LogP contribution in [0.4, 0.5) is 0 Å². The van der Waals surface area contributed by atoms with E-state index in [9.17, 15) is 4.79 Å². The molecule has 0 fully saturated rings. The lowest BCUT2D eigenvalue weighted by atomic mass is 10.1. The van der Waals surface area contributed by atoms with Crippen molar-refractivity contribution >= 4 is 17.5 Å². The number of halogens is 1. The van der Waals surface area contributed by atoms with Crippen LogP contribution in [0.5, 0.6) is 0 Å². The van der Waals surface area contributed by atoms with E-state index in [4.69, 9.17) is 11.6 Å². The summed E-state index contributed by atoms with van der Waals surface area (Å²) in [6.07, 6.45) is 1.75. The number of aromatic nitrogens is 2. The van der Waals surface area contributed by atoms with Crippen LogP contribution in [0.1, 0.15) is 15.9 Å². The fourth-order valence-electron chi connectivity index (χ4n) is 2.41. The average molecular weight is 326 g/mol. The maximum atomic E-state index is 12.1. The second-order valence-corrected chi connectivity index (χ2v) is 5.53. The van der Waals surface area contributed by atoms with Crippen LogP contribution in [0.3, 0.4) is 0 Å². The molecule has 1 N–H and O–H groups in total. The highest BCUT2D eigenvalue weighted by Gasteiger charge is 2.17. The monoisotopic (exact) mass is 325 g/mol. The van der Waals surface area contributed by atoms with E-state index in [0.29, 0.717) is 22.8 Å². The SMILES string of the molecule is CNC(=O)c1cn(Cc2ccccc2Cl)nc1-c1ccccc1. The first-order chi connectivity index (χ1) is 11.2. The van der Waals surface area contributed by atoms with Crippen molar-refractivity contribution in [3.63, 3.8) is 0 Å². The molecule has 116 valence electrons. The number of benzene rings is 2. The third-order valence-corrected chi connectivity index (χ3v) is 3.94. The summed E-state index contributed by atoms with van der Waals surface area (Å²) in [5, 5.41) is 7.93. The van der Waals surface area contributed by atoms with E-state index >= 15 is 0 Å². The third kappa shape index (κ3) is 3.27. The van der Waals surface area contributed by atoms with Crippen molar-refractivity contribution in [2.45, 2.75) is 6.54 Å². The number of nitrogens with one attached hydrogen (secondary N) is 1. The Morgan fingerprint density at radius 3 is 2.52 bits per heavy atom. The van der Waals surface area contributed by atoms with Crippen LogP contribution in [0.2, 0.25) is 5.02 Å². The molecule has 1 aromatic heterocycles. The number of hydrogen-bond donors (Lipinski definition) is 1. The van der Waals surface area contributed by atoms with Gasteiger partial charge in [-0.3, -0.25) is 9.48 Å². The van der Waals surface area contributed by atoms with Crippen LogP contribution in [-0.2, 0) is 6.54 Å². The Hall–Kier alpha value is -2.59. The predicted octanol–water partition coefficient (Wildman–Crippen LogP) is 3.61. The summed E-state index contributed by atoms with van der Waals surface area (Å²) in [6.45, 7) is 0.510. The molecule has 0 saturated heterocycles. The smallest absolute Gasteiger partial charge is 0.254 e. The van der Waals surface area contributed by atoms with Crippen molar-refractivity contribution in [2.75, 3.05) is 7.05 Å². The zero-order chi connectivity index (χ0) is 16.2. The highest BCUT2D eigenvalue weighted by molar-refractivity contribution is 6.31. The molecule has 0 bridgehead atoms. The molecule has 4 nitrogen and oxygen atoms in total. The zero-order valence-electron chi connectivity index (χ0n) is 12.7. The molecule has 3 rings (SSSR count). The van der Waals surface area contributed by atoms with Crippen molar-refractivity contribution in [3.8, 4) is 11.3 Å². The van der Waals surface area contributed by atoms with Gasteiger partial charge < -0.3 is 5.32 Å². The molecule has 3 aromatic rings. The quantitative estimate of drug-likeness (QED) is 0.796. The first kappa shape index (κ1) is 15.3. The molecular weight excluding hydrogens is 310 g/mol. The molecule has 5 heteroatoms. The van der Waals surface area contributed by atoms with E-state index < -0.39 is 0 Å². The Kier molecular flexibility index (Phi) is 4.44. The molecule has 0 spiro atoms. The summed E-state index contributed by atoms with van der Waals surface area (Å²) in [6, 6.07) is 17.3. The van der Waals surface area contributed by atoms with Crippen LogP contribution >= 0.6 is 11.6 Å². The zero-order valence-corrected chi connectivity index (χ0v) is 13.4. The molecule has 0 aliphatic heterocycles. The Bertz CT molecular complexity index is 827. The van der Waals surface area contributed by atoms with Gasteiger partial charge >= 0.3 is 0 Å². The van der Waals surface area contributed by atoms with Crippen molar-refractivity contribution < 1.29 is 4.79 Å². The highest BCUT2D eigenvalue weighted by atomic mass is 35.5. The number of amides is 1. The first-order valence-electron chi connectivity index (χ1n) is 7.27. The van der Waals surface area contributed by atoms with Gasteiger partial charge in [0.25, 0.3) is 5.91 Å². The lowest BCUT2D eigenvalue weighted by molar-refractivity contribution is 0.0963. The Balaban J connectivity index is 2.02. The van der Waals surface area contributed by atoms with E-state index in [0.717, 1.165) is 11.1 Å². The maximum absolute atomic E-state index is 12.1. The average Bonchev–Trinajstić information content (AvgIpc) is 3.01. The minimum Gasteiger partial charge on any atom is -0.355 e. The van der Waals surface area contributed by atoms with E-state index in [1.165, 1.54) is 0 Å². The topological polar surface area (TPSA) is 46.9 Å². The fraction of sp³-hybridized carbons (Fsp3) is 0.111. The van der Waals surface area contributed by atoms with Gasteiger partial charge in [0.1, 0.15) is 5.69 Å². The van der Waals surface area contributed by atoms with E-state index in [2.05, 4.69) is 10.4 Å². The molecule has 0 aliphatic rings. The lowest BCUT2D eigenvalue weighted by Gasteiger charge is -2.04. The Morgan fingerprint density at radius 1 is 1.13 bits per heavy atom. The van der Waals surface area contributed by atoms with Gasteiger partial charge in [-0.2, -0.15) is 5.10 Å². The second kappa shape index (κ2) is 6.67.